The molecule has 0 aliphatic carbocycles. The first-order valence-electron chi connectivity index (χ1n) is 2.89. The molecule has 0 atom stereocenters. The predicted octanol–water partition coefficient (Wildman–Crippen LogP) is 1.39. The molecular weight excluding hydrogens is 146 g/mol. The van der Waals surface area contributed by atoms with Gasteiger partial charge in [-0.15, -0.1) is 0 Å². The Bertz CT molecular complexity index is 400. The minimum atomic E-state index is 0.503. The molecule has 0 amide bonds. The molecule has 0 saturated carbocycles. The number of fused-ring (bicyclic) bond motifs is 1. The zero-order chi connectivity index (χ0) is 6.97. The molecule has 10 heavy (non-hydrogen) atoms. The molecule has 0 fully saturated rings. The van der Waals surface area contributed by atoms with Gasteiger partial charge in [-0.3, -0.25) is 9.61 Å². The molecule has 3 nitrogen and oxygen atoms in total. The molecule has 2 aromatic heterocycles. The highest BCUT2D eigenvalue weighted by atomic mass is 32.1. The van der Waals surface area contributed by atoms with E-state index in [0.717, 1.165) is 5.52 Å². The SMILES string of the molecule is S=c1ncc2cccn2[nH]1. The van der Waals surface area contributed by atoms with Gasteiger partial charge in [-0.05, 0) is 24.4 Å². The van der Waals surface area contributed by atoms with E-state index in [0.29, 0.717) is 4.77 Å². The van der Waals surface area contributed by atoms with Gasteiger partial charge in [0, 0.05) is 6.20 Å². The fourth-order valence-electron chi connectivity index (χ4n) is 0.858. The van der Waals surface area contributed by atoms with E-state index in [2.05, 4.69) is 10.1 Å². The van der Waals surface area contributed by atoms with Gasteiger partial charge in [0.2, 0.25) is 4.77 Å². The van der Waals surface area contributed by atoms with Gasteiger partial charge in [0.1, 0.15) is 0 Å². The summed E-state index contributed by atoms with van der Waals surface area (Å²) in [5.74, 6) is 0. The molecule has 0 spiro atoms. The number of aromatic nitrogens is 3. The van der Waals surface area contributed by atoms with Crippen LogP contribution in [0.4, 0.5) is 0 Å². The van der Waals surface area contributed by atoms with Crippen LogP contribution in [0.5, 0.6) is 0 Å². The second kappa shape index (κ2) is 1.91. The number of H-pyrrole nitrogens is 1. The van der Waals surface area contributed by atoms with Crippen molar-refractivity contribution >= 4 is 17.7 Å². The highest BCUT2D eigenvalue weighted by molar-refractivity contribution is 7.71. The van der Waals surface area contributed by atoms with Crippen LogP contribution in [0.3, 0.4) is 0 Å². The number of hydrogen-bond donors (Lipinski definition) is 1. The van der Waals surface area contributed by atoms with E-state index in [-0.39, 0.29) is 0 Å². The summed E-state index contributed by atoms with van der Waals surface area (Å²) in [5.41, 5.74) is 1.02. The van der Waals surface area contributed by atoms with Crippen molar-refractivity contribution < 1.29 is 0 Å². The first-order chi connectivity index (χ1) is 4.86. The van der Waals surface area contributed by atoms with Crippen molar-refractivity contribution in [3.63, 3.8) is 0 Å². The predicted molar refractivity (Wildman–Crippen MR) is 40.4 cm³/mol. The van der Waals surface area contributed by atoms with E-state index in [4.69, 9.17) is 12.2 Å². The molecule has 0 saturated heterocycles. The average Bonchev–Trinajstić information content (AvgIpc) is 2.33. The second-order valence-corrected chi connectivity index (χ2v) is 2.36. The van der Waals surface area contributed by atoms with Crippen LogP contribution in [0.25, 0.3) is 5.52 Å². The Hall–Kier alpha value is -1.16. The zero-order valence-electron chi connectivity index (χ0n) is 5.11. The van der Waals surface area contributed by atoms with Gasteiger partial charge >= 0.3 is 0 Å². The van der Waals surface area contributed by atoms with Gasteiger partial charge < -0.3 is 0 Å². The van der Waals surface area contributed by atoms with Gasteiger partial charge in [0.25, 0.3) is 0 Å². The van der Waals surface area contributed by atoms with Crippen molar-refractivity contribution in [2.24, 2.45) is 0 Å². The molecular formula is C6H5N3S. The van der Waals surface area contributed by atoms with Gasteiger partial charge in [-0.2, -0.15) is 0 Å². The summed E-state index contributed by atoms with van der Waals surface area (Å²) in [7, 11) is 0. The standard InChI is InChI=1S/C6H5N3S/c10-6-7-4-5-2-1-3-9(5)8-6/h1-4H,(H,8,10). The number of nitrogens with one attached hydrogen (secondary N) is 1. The molecule has 0 aromatic carbocycles. The molecule has 50 valence electrons. The van der Waals surface area contributed by atoms with Gasteiger partial charge in [0.05, 0.1) is 11.7 Å². The maximum Gasteiger partial charge on any atom is 0.212 e. The summed E-state index contributed by atoms with van der Waals surface area (Å²) < 4.78 is 2.33. The normalized spacial score (nSPS) is 10.4. The van der Waals surface area contributed by atoms with Crippen molar-refractivity contribution in [2.75, 3.05) is 0 Å². The smallest absolute Gasteiger partial charge is 0.212 e. The van der Waals surface area contributed by atoms with E-state index in [1.54, 1.807) is 6.20 Å². The van der Waals surface area contributed by atoms with Crippen molar-refractivity contribution in [1.29, 1.82) is 0 Å². The Balaban J connectivity index is 2.99. The summed E-state index contributed by atoms with van der Waals surface area (Å²) in [6.07, 6.45) is 3.63. The maximum atomic E-state index is 4.82. The molecule has 2 rings (SSSR count). The molecule has 0 aliphatic rings. The fraction of sp³-hybridized carbons (Fsp3) is 0. The molecule has 0 radical (unpaired) electrons. The largest absolute Gasteiger partial charge is 0.268 e. The summed E-state index contributed by atoms with van der Waals surface area (Å²) >= 11 is 4.82. The average molecular weight is 151 g/mol. The monoisotopic (exact) mass is 151 g/mol. The van der Waals surface area contributed by atoms with E-state index >= 15 is 0 Å². The van der Waals surface area contributed by atoms with Gasteiger partial charge in [-0.25, -0.2) is 4.98 Å². The lowest BCUT2D eigenvalue weighted by atomic mass is 10.5. The zero-order valence-corrected chi connectivity index (χ0v) is 5.93. The minimum absolute atomic E-state index is 0.503. The molecule has 2 heterocycles. The number of hydrogen-bond acceptors (Lipinski definition) is 2. The van der Waals surface area contributed by atoms with E-state index in [9.17, 15) is 0 Å². The topological polar surface area (TPSA) is 33.1 Å². The molecule has 0 unspecified atom stereocenters. The number of aromatic amines is 1. The van der Waals surface area contributed by atoms with Crippen LogP contribution in [0.1, 0.15) is 0 Å². The van der Waals surface area contributed by atoms with Crippen molar-refractivity contribution in [3.8, 4) is 0 Å². The van der Waals surface area contributed by atoms with Crippen LogP contribution in [-0.4, -0.2) is 14.6 Å². The van der Waals surface area contributed by atoms with Gasteiger partial charge in [0.15, 0.2) is 0 Å². The van der Waals surface area contributed by atoms with Crippen molar-refractivity contribution in [1.82, 2.24) is 14.6 Å². The summed E-state index contributed by atoms with van der Waals surface area (Å²) in [6.45, 7) is 0. The van der Waals surface area contributed by atoms with Crippen LogP contribution >= 0.6 is 12.2 Å². The van der Waals surface area contributed by atoms with Crippen LogP contribution in [0.15, 0.2) is 24.5 Å². The second-order valence-electron chi connectivity index (χ2n) is 1.98. The van der Waals surface area contributed by atoms with E-state index in [1.807, 2.05) is 22.8 Å². The third kappa shape index (κ3) is 0.733. The Labute approximate surface area is 62.3 Å². The third-order valence-electron chi connectivity index (χ3n) is 1.31. The van der Waals surface area contributed by atoms with E-state index < -0.39 is 0 Å². The van der Waals surface area contributed by atoms with E-state index in [1.165, 1.54) is 0 Å². The number of nitrogens with zero attached hydrogens (tertiary/aromatic N) is 2. The Morgan fingerprint density at radius 2 is 2.50 bits per heavy atom. The first kappa shape index (κ1) is 5.61. The Morgan fingerprint density at radius 1 is 1.60 bits per heavy atom. The van der Waals surface area contributed by atoms with Crippen LogP contribution in [0.2, 0.25) is 0 Å². The van der Waals surface area contributed by atoms with Gasteiger partial charge in [-0.1, -0.05) is 0 Å². The highest BCUT2D eigenvalue weighted by Gasteiger charge is 1.87. The van der Waals surface area contributed by atoms with Crippen LogP contribution in [0, 0.1) is 4.77 Å². The molecule has 0 bridgehead atoms. The lowest BCUT2D eigenvalue weighted by Crippen LogP contribution is -1.90. The minimum Gasteiger partial charge on any atom is -0.268 e. The molecule has 0 aliphatic heterocycles. The molecule has 1 N–H and O–H groups in total. The quantitative estimate of drug-likeness (QED) is 0.577. The lowest BCUT2D eigenvalue weighted by molar-refractivity contribution is 0.887. The van der Waals surface area contributed by atoms with Crippen LogP contribution < -0.4 is 0 Å². The van der Waals surface area contributed by atoms with Crippen LogP contribution in [-0.2, 0) is 0 Å². The number of rotatable bonds is 0. The Morgan fingerprint density at radius 3 is 3.40 bits per heavy atom. The highest BCUT2D eigenvalue weighted by Crippen LogP contribution is 1.97. The lowest BCUT2D eigenvalue weighted by Gasteiger charge is -1.90. The van der Waals surface area contributed by atoms with Crippen molar-refractivity contribution in [2.45, 2.75) is 0 Å². The maximum absolute atomic E-state index is 4.82. The molecule has 4 heteroatoms. The third-order valence-corrected chi connectivity index (χ3v) is 1.51. The molecule has 2 aromatic rings. The summed E-state index contributed by atoms with van der Waals surface area (Å²) in [6, 6.07) is 3.89. The Kier molecular flexibility index (Phi) is 1.07. The first-order valence-corrected chi connectivity index (χ1v) is 3.29. The summed E-state index contributed by atoms with van der Waals surface area (Å²) in [5, 5.41) is 2.89. The van der Waals surface area contributed by atoms with Crippen molar-refractivity contribution in [3.05, 3.63) is 29.3 Å². The fourth-order valence-corrected chi connectivity index (χ4v) is 1.01. The summed E-state index contributed by atoms with van der Waals surface area (Å²) in [4.78, 5) is 3.92.